The van der Waals surface area contributed by atoms with E-state index in [1.807, 2.05) is 12.2 Å². The summed E-state index contributed by atoms with van der Waals surface area (Å²) in [6, 6.07) is 0. The van der Waals surface area contributed by atoms with Crippen molar-refractivity contribution in [3.05, 3.63) is 37.0 Å². The van der Waals surface area contributed by atoms with Crippen molar-refractivity contribution in [1.82, 2.24) is 0 Å². The molecule has 0 aliphatic heterocycles. The zero-order valence-electron chi connectivity index (χ0n) is 9.76. The van der Waals surface area contributed by atoms with Crippen molar-refractivity contribution in [2.75, 3.05) is 0 Å². The van der Waals surface area contributed by atoms with E-state index in [1.165, 1.54) is 12.8 Å². The lowest BCUT2D eigenvalue weighted by Gasteiger charge is -2.10. The van der Waals surface area contributed by atoms with E-state index < -0.39 is 0 Å². The summed E-state index contributed by atoms with van der Waals surface area (Å²) >= 11 is 0. The van der Waals surface area contributed by atoms with Gasteiger partial charge >= 0.3 is 0 Å². The first-order valence-electron chi connectivity index (χ1n) is 5.64. The molecule has 0 nitrogen and oxygen atoms in total. The fourth-order valence-electron chi connectivity index (χ4n) is 1.59. The van der Waals surface area contributed by atoms with E-state index in [0.717, 1.165) is 25.2 Å². The predicted octanol–water partition coefficient (Wildman–Crippen LogP) is 4.89. The maximum absolute atomic E-state index is 3.78. The van der Waals surface area contributed by atoms with Crippen LogP contribution < -0.4 is 0 Å². The quantitative estimate of drug-likeness (QED) is 0.379. The van der Waals surface area contributed by atoms with Crippen molar-refractivity contribution in [3.63, 3.8) is 0 Å². The second-order valence-corrected chi connectivity index (χ2v) is 3.92. The van der Waals surface area contributed by atoms with Crippen LogP contribution in [-0.2, 0) is 0 Å². The Morgan fingerprint density at radius 1 is 1.21 bits per heavy atom. The van der Waals surface area contributed by atoms with Gasteiger partial charge in [-0.1, -0.05) is 37.6 Å². The monoisotopic (exact) mass is 192 g/mol. The van der Waals surface area contributed by atoms with Gasteiger partial charge in [0.2, 0.25) is 0 Å². The van der Waals surface area contributed by atoms with Gasteiger partial charge in [-0.3, -0.25) is 0 Å². The third-order valence-corrected chi connectivity index (χ3v) is 2.44. The smallest absolute Gasteiger partial charge is 0.0292 e. The highest BCUT2D eigenvalue weighted by molar-refractivity contribution is 5.03. The highest BCUT2D eigenvalue weighted by Gasteiger charge is 2.02. The largest absolute Gasteiger partial charge is 0.103 e. The Morgan fingerprint density at radius 3 is 2.43 bits per heavy atom. The molecule has 80 valence electrons. The van der Waals surface area contributed by atoms with E-state index in [4.69, 9.17) is 0 Å². The second kappa shape index (κ2) is 8.80. The zero-order chi connectivity index (χ0) is 10.8. The molecule has 0 radical (unpaired) electrons. The van der Waals surface area contributed by atoms with Crippen LogP contribution in [0.5, 0.6) is 0 Å². The van der Waals surface area contributed by atoms with Crippen molar-refractivity contribution in [1.29, 1.82) is 0 Å². The molecular weight excluding hydrogens is 168 g/mol. The lowest BCUT2D eigenvalue weighted by molar-refractivity contribution is 0.576. The van der Waals surface area contributed by atoms with Crippen LogP contribution in [0.25, 0.3) is 0 Å². The van der Waals surface area contributed by atoms with Gasteiger partial charge in [-0.25, -0.2) is 0 Å². The zero-order valence-corrected chi connectivity index (χ0v) is 9.76. The van der Waals surface area contributed by atoms with Crippen molar-refractivity contribution < 1.29 is 0 Å². The van der Waals surface area contributed by atoms with Crippen LogP contribution in [0.2, 0.25) is 0 Å². The fraction of sp³-hybridized carbons (Fsp3) is 0.571. The summed E-state index contributed by atoms with van der Waals surface area (Å²) in [7, 11) is 0. The summed E-state index contributed by atoms with van der Waals surface area (Å²) in [5.41, 5.74) is 1.58. The van der Waals surface area contributed by atoms with Gasteiger partial charge < -0.3 is 0 Å². The first-order valence-corrected chi connectivity index (χ1v) is 5.64. The topological polar surface area (TPSA) is 0 Å². The van der Waals surface area contributed by atoms with Gasteiger partial charge in [0.15, 0.2) is 0 Å². The molecule has 0 aliphatic rings. The van der Waals surface area contributed by atoms with Crippen LogP contribution >= 0.6 is 0 Å². The Labute approximate surface area is 89.4 Å². The van der Waals surface area contributed by atoms with E-state index in [2.05, 4.69) is 33.1 Å². The van der Waals surface area contributed by atoms with Crippen molar-refractivity contribution >= 4 is 0 Å². The minimum Gasteiger partial charge on any atom is -0.103 e. The van der Waals surface area contributed by atoms with Gasteiger partial charge in [-0.2, -0.15) is 0 Å². The van der Waals surface area contributed by atoms with E-state index in [9.17, 15) is 0 Å². The Balaban J connectivity index is 3.92. The summed E-state index contributed by atoms with van der Waals surface area (Å²) < 4.78 is 0. The molecule has 0 amide bonds. The van der Waals surface area contributed by atoms with Gasteiger partial charge in [0.25, 0.3) is 0 Å². The Hall–Kier alpha value is -0.780. The average molecular weight is 192 g/mol. The molecule has 0 fully saturated rings. The molecule has 0 bridgehead atoms. The minimum absolute atomic E-state index is 0.738. The molecule has 0 aromatic rings. The van der Waals surface area contributed by atoms with Crippen LogP contribution in [0, 0.1) is 5.92 Å². The maximum atomic E-state index is 3.78. The number of rotatable bonds is 8. The lowest BCUT2D eigenvalue weighted by atomic mass is 9.95. The lowest BCUT2D eigenvalue weighted by Crippen LogP contribution is -1.95. The van der Waals surface area contributed by atoms with Gasteiger partial charge in [0, 0.05) is 0 Å². The number of allylic oxidation sites excluding steroid dienone is 4. The van der Waals surface area contributed by atoms with Crippen LogP contribution in [0.15, 0.2) is 37.0 Å². The van der Waals surface area contributed by atoms with Crippen molar-refractivity contribution in [3.8, 4) is 0 Å². The van der Waals surface area contributed by atoms with E-state index in [1.54, 1.807) is 5.57 Å². The molecule has 0 heterocycles. The molecular formula is C14H24. The molecule has 0 aliphatic carbocycles. The molecule has 14 heavy (non-hydrogen) atoms. The van der Waals surface area contributed by atoms with Crippen LogP contribution in [0.1, 0.15) is 46.0 Å². The number of unbranched alkanes of at least 4 members (excludes halogenated alkanes) is 1. The van der Waals surface area contributed by atoms with Gasteiger partial charge in [-0.15, -0.1) is 13.2 Å². The highest BCUT2D eigenvalue weighted by atomic mass is 14.1. The molecule has 0 aromatic carbocycles. The number of hydrogen-bond acceptors (Lipinski definition) is 0. The van der Waals surface area contributed by atoms with E-state index in [0.29, 0.717) is 0 Å². The second-order valence-electron chi connectivity index (χ2n) is 3.92. The van der Waals surface area contributed by atoms with Gasteiger partial charge in [-0.05, 0) is 38.0 Å². The average Bonchev–Trinajstić information content (AvgIpc) is 2.17. The summed E-state index contributed by atoms with van der Waals surface area (Å²) in [5, 5.41) is 0. The third kappa shape index (κ3) is 6.71. The summed E-state index contributed by atoms with van der Waals surface area (Å²) in [6.45, 7) is 12.0. The molecule has 0 spiro atoms. The van der Waals surface area contributed by atoms with E-state index in [-0.39, 0.29) is 0 Å². The summed E-state index contributed by atoms with van der Waals surface area (Å²) in [4.78, 5) is 0. The normalized spacial score (nSPS) is 13.7. The van der Waals surface area contributed by atoms with E-state index >= 15 is 0 Å². The summed E-state index contributed by atoms with van der Waals surface area (Å²) in [6.07, 6.45) is 12.1. The molecule has 0 aromatic heterocycles. The molecule has 0 saturated heterocycles. The molecule has 0 saturated carbocycles. The maximum Gasteiger partial charge on any atom is -0.0292 e. The van der Waals surface area contributed by atoms with Crippen molar-refractivity contribution in [2.45, 2.75) is 46.0 Å². The van der Waals surface area contributed by atoms with Gasteiger partial charge in [0.05, 0.1) is 0 Å². The highest BCUT2D eigenvalue weighted by Crippen LogP contribution is 2.18. The third-order valence-electron chi connectivity index (χ3n) is 2.44. The Bertz CT molecular complexity index is 186. The van der Waals surface area contributed by atoms with Crippen molar-refractivity contribution in [2.24, 2.45) is 5.92 Å². The Kier molecular flexibility index (Phi) is 8.31. The molecule has 1 unspecified atom stereocenters. The van der Waals surface area contributed by atoms with Crippen LogP contribution in [0.4, 0.5) is 0 Å². The molecule has 1 atom stereocenters. The minimum atomic E-state index is 0.738. The first kappa shape index (κ1) is 13.2. The molecule has 0 N–H and O–H groups in total. The predicted molar refractivity (Wildman–Crippen MR) is 66.4 cm³/mol. The Morgan fingerprint density at radius 2 is 1.93 bits per heavy atom. The van der Waals surface area contributed by atoms with Crippen LogP contribution in [0.3, 0.4) is 0 Å². The van der Waals surface area contributed by atoms with Crippen LogP contribution in [-0.4, -0.2) is 0 Å². The fourth-order valence-corrected chi connectivity index (χ4v) is 1.59. The number of hydrogen-bond donors (Lipinski definition) is 0. The molecule has 0 rings (SSSR count). The first-order chi connectivity index (χ1) is 6.74. The summed E-state index contributed by atoms with van der Waals surface area (Å²) in [5.74, 6) is 0.738. The van der Waals surface area contributed by atoms with Gasteiger partial charge in [0.1, 0.15) is 0 Å². The standard InChI is InChI=1S/C14H24/c1-5-8-9-11-14(7-3)12-13(4)10-6-2/h5-6,11,13H,1-2,7-10,12H2,3-4H3. The SMILES string of the molecule is C=CCCC=C(CC)CC(C)CC=C. The molecule has 0 heteroatoms.